The normalized spacial score (nSPS) is 13.5. The predicted octanol–water partition coefficient (Wildman–Crippen LogP) is 1.17. The van der Waals surface area contributed by atoms with Gasteiger partial charge in [0.25, 0.3) is 0 Å². The first kappa shape index (κ1) is 10.7. The van der Waals surface area contributed by atoms with Crippen LogP contribution in [0.15, 0.2) is 12.7 Å². The van der Waals surface area contributed by atoms with Crippen LogP contribution in [0.5, 0.6) is 0 Å². The summed E-state index contributed by atoms with van der Waals surface area (Å²) in [5, 5.41) is 12.3. The van der Waals surface area contributed by atoms with E-state index in [1.54, 1.807) is 6.08 Å². The predicted molar refractivity (Wildman–Crippen MR) is 48.5 cm³/mol. The second-order valence-electron chi connectivity index (χ2n) is 3.19. The van der Waals surface area contributed by atoms with Gasteiger partial charge in [0.1, 0.15) is 0 Å². The number of aliphatic hydroxyl groups excluding tert-OH is 1. The molecule has 0 aliphatic rings. The lowest BCUT2D eigenvalue weighted by atomic mass is 10.2. The molecule has 0 aromatic rings. The number of rotatable bonds is 6. The van der Waals surface area contributed by atoms with E-state index >= 15 is 0 Å². The van der Waals surface area contributed by atoms with E-state index in [9.17, 15) is 0 Å². The third-order valence-corrected chi connectivity index (χ3v) is 1.44. The van der Waals surface area contributed by atoms with Gasteiger partial charge in [-0.2, -0.15) is 0 Å². The molecule has 2 nitrogen and oxygen atoms in total. The standard InChI is InChI=1S/C9H19NO/c1-4-9(11)5-6-10-7-8(2)3/h4,8-11H,1,5-7H2,2-3H3. The lowest BCUT2D eigenvalue weighted by Gasteiger charge is -2.08. The minimum atomic E-state index is -0.352. The fraction of sp³-hybridized carbons (Fsp3) is 0.778. The highest BCUT2D eigenvalue weighted by Gasteiger charge is 1.97. The zero-order chi connectivity index (χ0) is 8.69. The van der Waals surface area contributed by atoms with Gasteiger partial charge in [0.15, 0.2) is 0 Å². The molecule has 11 heavy (non-hydrogen) atoms. The quantitative estimate of drug-likeness (QED) is 0.448. The van der Waals surface area contributed by atoms with Crippen LogP contribution in [0.3, 0.4) is 0 Å². The number of nitrogens with one attached hydrogen (secondary N) is 1. The molecule has 1 unspecified atom stereocenters. The Morgan fingerprint density at radius 1 is 1.55 bits per heavy atom. The van der Waals surface area contributed by atoms with Crippen LogP contribution in [0.25, 0.3) is 0 Å². The molecule has 0 spiro atoms. The highest BCUT2D eigenvalue weighted by molar-refractivity contribution is 4.78. The lowest BCUT2D eigenvalue weighted by Crippen LogP contribution is -2.23. The van der Waals surface area contributed by atoms with Crippen molar-refractivity contribution in [1.82, 2.24) is 5.32 Å². The molecule has 0 heterocycles. The Morgan fingerprint density at radius 2 is 2.18 bits per heavy atom. The number of aliphatic hydroxyl groups is 1. The summed E-state index contributed by atoms with van der Waals surface area (Å²) >= 11 is 0. The van der Waals surface area contributed by atoms with Gasteiger partial charge in [-0.25, -0.2) is 0 Å². The number of hydrogen-bond donors (Lipinski definition) is 2. The van der Waals surface area contributed by atoms with Crippen molar-refractivity contribution in [3.05, 3.63) is 12.7 Å². The van der Waals surface area contributed by atoms with E-state index in [2.05, 4.69) is 25.7 Å². The minimum Gasteiger partial charge on any atom is -0.389 e. The molecule has 66 valence electrons. The first-order valence-electron chi connectivity index (χ1n) is 4.18. The highest BCUT2D eigenvalue weighted by atomic mass is 16.3. The molecule has 0 aliphatic heterocycles. The van der Waals surface area contributed by atoms with Crippen LogP contribution in [-0.2, 0) is 0 Å². The molecule has 0 fully saturated rings. The van der Waals surface area contributed by atoms with Crippen LogP contribution in [0.2, 0.25) is 0 Å². The molecule has 0 amide bonds. The summed E-state index contributed by atoms with van der Waals surface area (Å²) in [6.07, 6.45) is 1.97. The molecule has 0 saturated heterocycles. The summed E-state index contributed by atoms with van der Waals surface area (Å²) in [4.78, 5) is 0. The zero-order valence-electron chi connectivity index (χ0n) is 7.51. The van der Waals surface area contributed by atoms with Crippen LogP contribution in [0.1, 0.15) is 20.3 Å². The minimum absolute atomic E-state index is 0.352. The van der Waals surface area contributed by atoms with E-state index in [4.69, 9.17) is 5.11 Å². The molecule has 1 atom stereocenters. The largest absolute Gasteiger partial charge is 0.389 e. The van der Waals surface area contributed by atoms with Crippen molar-refractivity contribution in [2.75, 3.05) is 13.1 Å². The first-order valence-corrected chi connectivity index (χ1v) is 4.18. The molecule has 0 aromatic carbocycles. The van der Waals surface area contributed by atoms with E-state index < -0.39 is 0 Å². The number of hydrogen-bond acceptors (Lipinski definition) is 2. The van der Waals surface area contributed by atoms with Crippen LogP contribution < -0.4 is 5.32 Å². The monoisotopic (exact) mass is 157 g/mol. The van der Waals surface area contributed by atoms with Gasteiger partial charge in [0.2, 0.25) is 0 Å². The van der Waals surface area contributed by atoms with Crippen molar-refractivity contribution in [3.8, 4) is 0 Å². The van der Waals surface area contributed by atoms with Crippen LogP contribution in [0.4, 0.5) is 0 Å². The zero-order valence-corrected chi connectivity index (χ0v) is 7.51. The van der Waals surface area contributed by atoms with E-state index in [0.29, 0.717) is 5.92 Å². The summed E-state index contributed by atoms with van der Waals surface area (Å²) in [5.74, 6) is 0.677. The SMILES string of the molecule is C=CC(O)CCNCC(C)C. The molecule has 0 aliphatic carbocycles. The van der Waals surface area contributed by atoms with Gasteiger partial charge in [-0.05, 0) is 25.4 Å². The molecular weight excluding hydrogens is 138 g/mol. The van der Waals surface area contributed by atoms with E-state index in [0.717, 1.165) is 19.5 Å². The molecule has 2 N–H and O–H groups in total. The second-order valence-corrected chi connectivity index (χ2v) is 3.19. The van der Waals surface area contributed by atoms with Gasteiger partial charge in [-0.15, -0.1) is 6.58 Å². The average Bonchev–Trinajstić information content (AvgIpc) is 1.97. The second kappa shape index (κ2) is 6.38. The summed E-state index contributed by atoms with van der Waals surface area (Å²) < 4.78 is 0. The van der Waals surface area contributed by atoms with Gasteiger partial charge in [-0.1, -0.05) is 19.9 Å². The topological polar surface area (TPSA) is 32.3 Å². The van der Waals surface area contributed by atoms with Crippen molar-refractivity contribution in [2.45, 2.75) is 26.4 Å². The van der Waals surface area contributed by atoms with Gasteiger partial charge >= 0.3 is 0 Å². The summed E-state index contributed by atoms with van der Waals surface area (Å²) in [7, 11) is 0. The van der Waals surface area contributed by atoms with Crippen molar-refractivity contribution in [2.24, 2.45) is 5.92 Å². The third-order valence-electron chi connectivity index (χ3n) is 1.44. The summed E-state index contributed by atoms with van der Waals surface area (Å²) in [6.45, 7) is 9.71. The average molecular weight is 157 g/mol. The first-order chi connectivity index (χ1) is 5.16. The van der Waals surface area contributed by atoms with Crippen LogP contribution in [-0.4, -0.2) is 24.3 Å². The Morgan fingerprint density at radius 3 is 2.64 bits per heavy atom. The van der Waals surface area contributed by atoms with Crippen molar-refractivity contribution >= 4 is 0 Å². The maximum Gasteiger partial charge on any atom is 0.0730 e. The summed E-state index contributed by atoms with van der Waals surface area (Å²) in [5.41, 5.74) is 0. The smallest absolute Gasteiger partial charge is 0.0730 e. The van der Waals surface area contributed by atoms with Gasteiger partial charge < -0.3 is 10.4 Å². The lowest BCUT2D eigenvalue weighted by molar-refractivity contribution is 0.211. The maximum absolute atomic E-state index is 9.07. The Labute approximate surface area is 69.3 Å². The molecule has 0 aromatic heterocycles. The van der Waals surface area contributed by atoms with E-state index in [1.807, 2.05) is 0 Å². The van der Waals surface area contributed by atoms with E-state index in [-0.39, 0.29) is 6.10 Å². The molecule has 0 saturated carbocycles. The molecular formula is C9H19NO. The van der Waals surface area contributed by atoms with Crippen molar-refractivity contribution in [3.63, 3.8) is 0 Å². The Kier molecular flexibility index (Phi) is 6.18. The molecule has 0 rings (SSSR count). The van der Waals surface area contributed by atoms with Gasteiger partial charge in [0.05, 0.1) is 6.10 Å². The molecule has 0 radical (unpaired) electrons. The van der Waals surface area contributed by atoms with Crippen molar-refractivity contribution < 1.29 is 5.11 Å². The van der Waals surface area contributed by atoms with Gasteiger partial charge in [-0.3, -0.25) is 0 Å². The fourth-order valence-electron chi connectivity index (χ4n) is 0.759. The maximum atomic E-state index is 9.07. The Hall–Kier alpha value is -0.340. The molecule has 0 bridgehead atoms. The van der Waals surface area contributed by atoms with E-state index in [1.165, 1.54) is 0 Å². The Bertz CT molecular complexity index is 102. The van der Waals surface area contributed by atoms with Crippen LogP contribution in [0, 0.1) is 5.92 Å². The Balaban J connectivity index is 3.07. The third kappa shape index (κ3) is 7.56. The van der Waals surface area contributed by atoms with Gasteiger partial charge in [0, 0.05) is 0 Å². The van der Waals surface area contributed by atoms with Crippen molar-refractivity contribution in [1.29, 1.82) is 0 Å². The highest BCUT2D eigenvalue weighted by Crippen LogP contribution is 1.91. The van der Waals surface area contributed by atoms with Crippen LogP contribution >= 0.6 is 0 Å². The molecule has 2 heteroatoms. The fourth-order valence-corrected chi connectivity index (χ4v) is 0.759. The summed E-state index contributed by atoms with van der Waals surface area (Å²) in [6, 6.07) is 0.